The van der Waals surface area contributed by atoms with Gasteiger partial charge in [0, 0.05) is 6.42 Å². The molecule has 42 heavy (non-hydrogen) atoms. The first-order chi connectivity index (χ1) is 19.2. The Labute approximate surface area is 232 Å². The summed E-state index contributed by atoms with van der Waals surface area (Å²) in [6, 6.07) is 12.8. The molecule has 0 radical (unpaired) electrons. The number of hydrogen-bond donors (Lipinski definition) is 0. The third-order valence-electron chi connectivity index (χ3n) is 6.21. The van der Waals surface area contributed by atoms with Crippen molar-refractivity contribution in [3.63, 3.8) is 0 Å². The molecule has 0 heterocycles. The Hall–Kier alpha value is -2.87. The van der Waals surface area contributed by atoms with Crippen molar-refractivity contribution in [3.8, 4) is 22.6 Å². The SMILES string of the molecule is CCCCCCOc1ccc(-c2ccc(OCCCC(F)(F)C(F)(F)C(F)(F)C(F)(F)C(F)(F)C(F)(F)F)cc2)cc1. The summed E-state index contributed by atoms with van der Waals surface area (Å²) in [4.78, 5) is 0. The van der Waals surface area contributed by atoms with Crippen molar-refractivity contribution in [1.82, 2.24) is 0 Å². The molecule has 2 aromatic rings. The molecule has 0 unspecified atom stereocenters. The number of rotatable bonds is 16. The second kappa shape index (κ2) is 13.2. The molecule has 0 aliphatic carbocycles. The van der Waals surface area contributed by atoms with Crippen molar-refractivity contribution in [3.05, 3.63) is 48.5 Å². The summed E-state index contributed by atoms with van der Waals surface area (Å²) >= 11 is 0. The van der Waals surface area contributed by atoms with E-state index in [0.29, 0.717) is 17.9 Å². The molecule has 15 heteroatoms. The van der Waals surface area contributed by atoms with Crippen LogP contribution in [0.15, 0.2) is 48.5 Å². The van der Waals surface area contributed by atoms with Crippen LogP contribution in [-0.2, 0) is 0 Å². The smallest absolute Gasteiger partial charge is 0.460 e. The van der Waals surface area contributed by atoms with Gasteiger partial charge in [0.2, 0.25) is 0 Å². The monoisotopic (exact) mass is 630 g/mol. The van der Waals surface area contributed by atoms with Crippen LogP contribution in [-0.4, -0.2) is 49.0 Å². The standard InChI is InChI=1S/C27H27F13O2/c1-2-3-4-5-16-41-20-11-7-18(8-12-20)19-9-13-21(14-10-19)42-17-6-15-22(28,29)23(30,31)24(32,33)25(34,35)26(36,37)27(38,39)40/h7-14H,2-6,15-17H2,1H3. The third kappa shape index (κ3) is 7.36. The Morgan fingerprint density at radius 3 is 1.29 bits per heavy atom. The molecule has 0 aromatic heterocycles. The van der Waals surface area contributed by atoms with Gasteiger partial charge in [-0.05, 0) is 48.2 Å². The maximum absolute atomic E-state index is 13.9. The van der Waals surface area contributed by atoms with E-state index < -0.39 is 55.2 Å². The van der Waals surface area contributed by atoms with Crippen LogP contribution in [0, 0.1) is 0 Å². The number of unbranched alkanes of at least 4 members (excludes halogenated alkanes) is 3. The lowest BCUT2D eigenvalue weighted by Crippen LogP contribution is -2.70. The van der Waals surface area contributed by atoms with Gasteiger partial charge in [-0.15, -0.1) is 0 Å². The first-order valence-corrected chi connectivity index (χ1v) is 12.6. The molecule has 0 saturated heterocycles. The minimum atomic E-state index is -7.90. The first-order valence-electron chi connectivity index (χ1n) is 12.6. The molecular formula is C27H27F13O2. The van der Waals surface area contributed by atoms with Gasteiger partial charge in [-0.25, -0.2) is 0 Å². The molecule has 2 aromatic carbocycles. The van der Waals surface area contributed by atoms with Crippen molar-refractivity contribution in [2.45, 2.75) is 81.2 Å². The number of halogens is 13. The molecule has 0 spiro atoms. The molecule has 0 bridgehead atoms. The lowest BCUT2D eigenvalue weighted by Gasteiger charge is -2.39. The van der Waals surface area contributed by atoms with Gasteiger partial charge in [0.1, 0.15) is 11.5 Å². The average Bonchev–Trinajstić information content (AvgIpc) is 2.90. The van der Waals surface area contributed by atoms with Crippen LogP contribution in [0.25, 0.3) is 11.1 Å². The summed E-state index contributed by atoms with van der Waals surface area (Å²) in [7, 11) is 0. The topological polar surface area (TPSA) is 18.5 Å². The maximum atomic E-state index is 13.9. The van der Waals surface area contributed by atoms with E-state index in [9.17, 15) is 57.1 Å². The minimum absolute atomic E-state index is 0.0162. The molecular weight excluding hydrogens is 603 g/mol. The molecule has 0 aliphatic heterocycles. The van der Waals surface area contributed by atoms with Gasteiger partial charge in [0.05, 0.1) is 13.2 Å². The Morgan fingerprint density at radius 1 is 0.476 bits per heavy atom. The quantitative estimate of drug-likeness (QED) is 0.136. The van der Waals surface area contributed by atoms with E-state index in [2.05, 4.69) is 6.92 Å². The zero-order valence-corrected chi connectivity index (χ0v) is 22.0. The molecule has 2 rings (SSSR count). The van der Waals surface area contributed by atoms with Crippen LogP contribution in [0.4, 0.5) is 57.1 Å². The van der Waals surface area contributed by atoms with E-state index in [4.69, 9.17) is 9.47 Å². The molecule has 2 nitrogen and oxygen atoms in total. The van der Waals surface area contributed by atoms with Gasteiger partial charge in [-0.1, -0.05) is 50.5 Å². The zero-order chi connectivity index (χ0) is 32.0. The Bertz CT molecular complexity index is 1110. The normalized spacial score (nSPS) is 13.8. The molecule has 0 fully saturated rings. The summed E-state index contributed by atoms with van der Waals surface area (Å²) < 4.78 is 182. The van der Waals surface area contributed by atoms with E-state index in [1.165, 1.54) is 12.1 Å². The van der Waals surface area contributed by atoms with Crippen LogP contribution in [0.1, 0.15) is 45.4 Å². The van der Waals surface area contributed by atoms with Crippen LogP contribution in [0.3, 0.4) is 0 Å². The van der Waals surface area contributed by atoms with E-state index in [1.54, 1.807) is 36.4 Å². The van der Waals surface area contributed by atoms with Crippen LogP contribution in [0.2, 0.25) is 0 Å². The highest BCUT2D eigenvalue weighted by Gasteiger charge is 2.90. The van der Waals surface area contributed by atoms with Crippen molar-refractivity contribution in [1.29, 1.82) is 0 Å². The fourth-order valence-corrected chi connectivity index (χ4v) is 3.65. The molecule has 0 saturated carbocycles. The first kappa shape index (κ1) is 35.3. The second-order valence-electron chi connectivity index (χ2n) is 9.41. The molecule has 0 aliphatic rings. The van der Waals surface area contributed by atoms with Gasteiger partial charge in [0.15, 0.2) is 0 Å². The highest BCUT2D eigenvalue weighted by Crippen LogP contribution is 2.60. The minimum Gasteiger partial charge on any atom is -0.494 e. The van der Waals surface area contributed by atoms with Gasteiger partial charge >= 0.3 is 35.8 Å². The van der Waals surface area contributed by atoms with E-state index in [1.807, 2.05) is 0 Å². The summed E-state index contributed by atoms with van der Waals surface area (Å²) in [5.41, 5.74) is 1.44. The predicted octanol–water partition coefficient (Wildman–Crippen LogP) is 10.2. The number of alkyl halides is 13. The van der Waals surface area contributed by atoms with E-state index in [0.717, 1.165) is 31.2 Å². The van der Waals surface area contributed by atoms with Gasteiger partial charge < -0.3 is 9.47 Å². The van der Waals surface area contributed by atoms with Crippen molar-refractivity contribution >= 4 is 0 Å². The summed E-state index contributed by atoms with van der Waals surface area (Å²) in [5.74, 6) is -36.1. The molecule has 238 valence electrons. The lowest BCUT2D eigenvalue weighted by atomic mass is 9.92. The second-order valence-corrected chi connectivity index (χ2v) is 9.41. The van der Waals surface area contributed by atoms with E-state index >= 15 is 0 Å². The van der Waals surface area contributed by atoms with E-state index in [-0.39, 0.29) is 5.75 Å². The Morgan fingerprint density at radius 2 is 0.881 bits per heavy atom. The average molecular weight is 630 g/mol. The van der Waals surface area contributed by atoms with Crippen molar-refractivity contribution < 1.29 is 66.5 Å². The number of benzene rings is 2. The number of hydrogen-bond acceptors (Lipinski definition) is 2. The van der Waals surface area contributed by atoms with Crippen LogP contribution in [0.5, 0.6) is 11.5 Å². The van der Waals surface area contributed by atoms with Gasteiger partial charge in [-0.3, -0.25) is 0 Å². The van der Waals surface area contributed by atoms with Gasteiger partial charge in [0.25, 0.3) is 0 Å². The molecule has 0 atom stereocenters. The third-order valence-corrected chi connectivity index (χ3v) is 6.21. The largest absolute Gasteiger partial charge is 0.494 e. The fraction of sp³-hybridized carbons (Fsp3) is 0.556. The Balaban J connectivity index is 1.95. The summed E-state index contributed by atoms with van der Waals surface area (Å²) in [6.07, 6.45) is -6.72. The highest BCUT2D eigenvalue weighted by atomic mass is 19.4. The molecule has 0 amide bonds. The fourth-order valence-electron chi connectivity index (χ4n) is 3.65. The van der Waals surface area contributed by atoms with Crippen LogP contribution < -0.4 is 9.47 Å². The van der Waals surface area contributed by atoms with Crippen LogP contribution >= 0.6 is 0 Å². The summed E-state index contributed by atoms with van der Waals surface area (Å²) in [5, 5.41) is 0. The zero-order valence-electron chi connectivity index (χ0n) is 22.0. The van der Waals surface area contributed by atoms with Crippen molar-refractivity contribution in [2.75, 3.05) is 13.2 Å². The lowest BCUT2D eigenvalue weighted by molar-refractivity contribution is -0.440. The number of ether oxygens (including phenoxy) is 2. The maximum Gasteiger partial charge on any atom is 0.460 e. The molecule has 0 N–H and O–H groups in total. The Kier molecular flexibility index (Phi) is 11.1. The predicted molar refractivity (Wildman–Crippen MR) is 127 cm³/mol. The summed E-state index contributed by atoms with van der Waals surface area (Å²) in [6.45, 7) is 1.82. The highest BCUT2D eigenvalue weighted by molar-refractivity contribution is 5.64. The van der Waals surface area contributed by atoms with Gasteiger partial charge in [-0.2, -0.15) is 57.1 Å². The van der Waals surface area contributed by atoms with Crippen molar-refractivity contribution in [2.24, 2.45) is 0 Å².